The first-order valence-corrected chi connectivity index (χ1v) is 9.96. The molecule has 1 aromatic heterocycles. The summed E-state index contributed by atoms with van der Waals surface area (Å²) in [4.78, 5) is 11.5. The Morgan fingerprint density at radius 2 is 1.78 bits per heavy atom. The van der Waals surface area contributed by atoms with Crippen molar-refractivity contribution < 1.29 is 22.0 Å². The lowest BCUT2D eigenvalue weighted by Crippen LogP contribution is -2.15. The molecule has 0 saturated heterocycles. The summed E-state index contributed by atoms with van der Waals surface area (Å²) in [5.41, 5.74) is 5.30. The molecule has 0 unspecified atom stereocenters. The van der Waals surface area contributed by atoms with E-state index in [0.29, 0.717) is 16.5 Å². The van der Waals surface area contributed by atoms with Gasteiger partial charge in [0.2, 0.25) is 0 Å². The monoisotopic (exact) mass is 408 g/mol. The van der Waals surface area contributed by atoms with Crippen LogP contribution in [0, 0.1) is 18.6 Å². The molecule has 0 aliphatic rings. The van der Waals surface area contributed by atoms with E-state index in [-0.39, 0.29) is 21.0 Å². The summed E-state index contributed by atoms with van der Waals surface area (Å²) in [6.07, 6.45) is 0. The SMILES string of the molecule is Cc1sc(C(N)=O)cc1S(=O)(=O)Nc1c(F)cc(F)cc1-c1ccccc1. The fourth-order valence-corrected chi connectivity index (χ4v) is 5.10. The Kier molecular flexibility index (Phi) is 4.99. The molecule has 0 fully saturated rings. The molecule has 27 heavy (non-hydrogen) atoms. The number of primary amides is 1. The highest BCUT2D eigenvalue weighted by molar-refractivity contribution is 7.93. The zero-order valence-electron chi connectivity index (χ0n) is 14.0. The smallest absolute Gasteiger partial charge is 0.263 e. The second-order valence-corrected chi connectivity index (χ2v) is 8.58. The van der Waals surface area contributed by atoms with Gasteiger partial charge in [-0.25, -0.2) is 17.2 Å². The van der Waals surface area contributed by atoms with Gasteiger partial charge in [0.25, 0.3) is 15.9 Å². The fourth-order valence-electron chi connectivity index (χ4n) is 2.57. The standard InChI is InChI=1S/C18H14F2N2O3S2/c1-10-16(9-15(26-10)18(21)23)27(24,25)22-17-13(7-12(19)8-14(17)20)11-5-3-2-4-6-11/h2-9,22H,1H3,(H2,21,23). The van der Waals surface area contributed by atoms with Gasteiger partial charge in [0.05, 0.1) is 10.6 Å². The molecular weight excluding hydrogens is 394 g/mol. The van der Waals surface area contributed by atoms with Gasteiger partial charge in [0, 0.05) is 16.5 Å². The third-order valence-electron chi connectivity index (χ3n) is 3.78. The third kappa shape index (κ3) is 3.83. The van der Waals surface area contributed by atoms with Crippen molar-refractivity contribution in [3.63, 3.8) is 0 Å². The Balaban J connectivity index is 2.11. The molecule has 9 heteroatoms. The molecule has 5 nitrogen and oxygen atoms in total. The number of halogens is 2. The van der Waals surface area contributed by atoms with Gasteiger partial charge < -0.3 is 5.73 Å². The van der Waals surface area contributed by atoms with Crippen molar-refractivity contribution in [2.75, 3.05) is 4.72 Å². The van der Waals surface area contributed by atoms with Crippen molar-refractivity contribution in [3.05, 3.63) is 69.9 Å². The molecule has 2 aromatic carbocycles. The highest BCUT2D eigenvalue weighted by atomic mass is 32.2. The average molecular weight is 408 g/mol. The molecule has 140 valence electrons. The van der Waals surface area contributed by atoms with Gasteiger partial charge in [-0.3, -0.25) is 9.52 Å². The number of carbonyl (C=O) groups excluding carboxylic acids is 1. The Hall–Kier alpha value is -2.78. The molecule has 1 amide bonds. The van der Waals surface area contributed by atoms with E-state index in [1.54, 1.807) is 30.3 Å². The van der Waals surface area contributed by atoms with Crippen LogP contribution in [-0.4, -0.2) is 14.3 Å². The van der Waals surface area contributed by atoms with E-state index in [9.17, 15) is 22.0 Å². The van der Waals surface area contributed by atoms with Crippen LogP contribution in [0.15, 0.2) is 53.4 Å². The highest BCUT2D eigenvalue weighted by Gasteiger charge is 2.25. The molecule has 0 atom stereocenters. The predicted octanol–water partition coefficient (Wildman–Crippen LogP) is 3.90. The first kappa shape index (κ1) is 19.0. The summed E-state index contributed by atoms with van der Waals surface area (Å²) in [7, 11) is -4.23. The molecule has 0 aliphatic carbocycles. The van der Waals surface area contributed by atoms with Gasteiger partial charge in [-0.2, -0.15) is 0 Å². The Morgan fingerprint density at radius 3 is 2.37 bits per heavy atom. The number of sulfonamides is 1. The number of amides is 1. The number of rotatable bonds is 5. The van der Waals surface area contributed by atoms with E-state index in [4.69, 9.17) is 5.73 Å². The summed E-state index contributed by atoms with van der Waals surface area (Å²) in [6, 6.07) is 11.0. The van der Waals surface area contributed by atoms with Crippen LogP contribution in [0.5, 0.6) is 0 Å². The minimum atomic E-state index is -4.23. The number of nitrogens with two attached hydrogens (primary N) is 1. The van der Waals surface area contributed by atoms with Crippen LogP contribution < -0.4 is 10.5 Å². The van der Waals surface area contributed by atoms with Crippen molar-refractivity contribution in [2.45, 2.75) is 11.8 Å². The largest absolute Gasteiger partial charge is 0.365 e. The van der Waals surface area contributed by atoms with Gasteiger partial charge in [0.1, 0.15) is 10.7 Å². The summed E-state index contributed by atoms with van der Waals surface area (Å²) in [6.45, 7) is 1.50. The fraction of sp³-hybridized carbons (Fsp3) is 0.0556. The van der Waals surface area contributed by atoms with Crippen LogP contribution in [0.2, 0.25) is 0 Å². The Bertz CT molecular complexity index is 1130. The molecule has 0 saturated carbocycles. The van der Waals surface area contributed by atoms with E-state index >= 15 is 0 Å². The third-order valence-corrected chi connectivity index (χ3v) is 6.45. The van der Waals surface area contributed by atoms with Crippen molar-refractivity contribution >= 4 is 33.0 Å². The number of aryl methyl sites for hydroxylation is 1. The van der Waals surface area contributed by atoms with Crippen molar-refractivity contribution in [1.82, 2.24) is 0 Å². The number of nitrogens with one attached hydrogen (secondary N) is 1. The maximum atomic E-state index is 14.4. The van der Waals surface area contributed by atoms with E-state index < -0.39 is 27.6 Å². The van der Waals surface area contributed by atoms with E-state index in [1.807, 2.05) is 0 Å². The van der Waals surface area contributed by atoms with Gasteiger partial charge in [-0.1, -0.05) is 30.3 Å². The Labute approximate surface area is 158 Å². The number of hydrogen-bond donors (Lipinski definition) is 2. The second kappa shape index (κ2) is 7.09. The summed E-state index contributed by atoms with van der Waals surface area (Å²) in [5.74, 6) is -2.65. The van der Waals surface area contributed by atoms with Crippen LogP contribution in [0.3, 0.4) is 0 Å². The van der Waals surface area contributed by atoms with E-state index in [2.05, 4.69) is 4.72 Å². The van der Waals surface area contributed by atoms with Crippen LogP contribution >= 0.6 is 11.3 Å². The number of benzene rings is 2. The minimum absolute atomic E-state index is 0.0553. The van der Waals surface area contributed by atoms with E-state index in [1.165, 1.54) is 6.92 Å². The van der Waals surface area contributed by atoms with Crippen LogP contribution in [0.25, 0.3) is 11.1 Å². The summed E-state index contributed by atoms with van der Waals surface area (Å²) in [5, 5.41) is 0. The lowest BCUT2D eigenvalue weighted by Gasteiger charge is -2.14. The highest BCUT2D eigenvalue weighted by Crippen LogP contribution is 2.34. The first-order chi connectivity index (χ1) is 12.7. The zero-order chi connectivity index (χ0) is 19.8. The maximum Gasteiger partial charge on any atom is 0.263 e. The van der Waals surface area contributed by atoms with Crippen LogP contribution in [0.1, 0.15) is 14.5 Å². The number of anilines is 1. The second-order valence-electron chi connectivity index (χ2n) is 5.68. The molecule has 1 heterocycles. The molecule has 3 N–H and O–H groups in total. The van der Waals surface area contributed by atoms with Crippen LogP contribution in [0.4, 0.5) is 14.5 Å². The molecule has 3 aromatic rings. The number of thiophene rings is 1. The maximum absolute atomic E-state index is 14.4. The van der Waals surface area contributed by atoms with Crippen molar-refractivity contribution in [3.8, 4) is 11.1 Å². The quantitative estimate of drug-likeness (QED) is 0.671. The first-order valence-electron chi connectivity index (χ1n) is 7.66. The lowest BCUT2D eigenvalue weighted by atomic mass is 10.0. The molecule has 0 radical (unpaired) electrons. The zero-order valence-corrected chi connectivity index (χ0v) is 15.6. The summed E-state index contributed by atoms with van der Waals surface area (Å²) < 4.78 is 55.9. The topological polar surface area (TPSA) is 89.3 Å². The minimum Gasteiger partial charge on any atom is -0.365 e. The average Bonchev–Trinajstić information content (AvgIpc) is 3.01. The van der Waals surface area contributed by atoms with Gasteiger partial charge in [-0.15, -0.1) is 11.3 Å². The van der Waals surface area contributed by atoms with Gasteiger partial charge in [0.15, 0.2) is 5.82 Å². The number of hydrogen-bond acceptors (Lipinski definition) is 4. The molecule has 0 spiro atoms. The van der Waals surface area contributed by atoms with Gasteiger partial charge in [-0.05, 0) is 24.6 Å². The molecular formula is C18H14F2N2O3S2. The van der Waals surface area contributed by atoms with Crippen LogP contribution in [-0.2, 0) is 10.0 Å². The Morgan fingerprint density at radius 1 is 1.11 bits per heavy atom. The van der Waals surface area contributed by atoms with Crippen molar-refractivity contribution in [2.24, 2.45) is 5.73 Å². The molecule has 0 aliphatic heterocycles. The predicted molar refractivity (Wildman–Crippen MR) is 100 cm³/mol. The molecule has 0 bridgehead atoms. The van der Waals surface area contributed by atoms with Gasteiger partial charge >= 0.3 is 0 Å². The number of carbonyl (C=O) groups is 1. The summed E-state index contributed by atoms with van der Waals surface area (Å²) >= 11 is 0.920. The lowest BCUT2D eigenvalue weighted by molar-refractivity contribution is 0.100. The van der Waals surface area contributed by atoms with Crippen molar-refractivity contribution in [1.29, 1.82) is 0 Å². The van der Waals surface area contributed by atoms with E-state index in [0.717, 1.165) is 23.5 Å². The normalized spacial score (nSPS) is 11.4. The molecule has 3 rings (SSSR count).